The van der Waals surface area contributed by atoms with Crippen molar-refractivity contribution in [2.75, 3.05) is 18.0 Å². The highest BCUT2D eigenvalue weighted by Gasteiger charge is 2.23. The third-order valence-electron chi connectivity index (χ3n) is 2.36. The van der Waals surface area contributed by atoms with E-state index in [1.54, 1.807) is 0 Å². The topological polar surface area (TPSA) is 58.4 Å². The lowest BCUT2D eigenvalue weighted by Gasteiger charge is -2.17. The molecule has 0 saturated carbocycles. The highest BCUT2D eigenvalue weighted by atomic mass is 19.1. The number of benzene rings is 1. The first-order valence-electron chi connectivity index (χ1n) is 4.90. The molecule has 1 saturated heterocycles. The van der Waals surface area contributed by atoms with Crippen LogP contribution in [-0.4, -0.2) is 18.0 Å². The smallest absolute Gasteiger partial charge is 0.274 e. The van der Waals surface area contributed by atoms with Crippen LogP contribution in [0.5, 0.6) is 0 Å². The Kier molecular flexibility index (Phi) is 2.90. The molecule has 0 radical (unpaired) electrons. The highest BCUT2D eigenvalue weighted by Crippen LogP contribution is 2.24. The Labute approximate surface area is 95.5 Å². The second-order valence-electron chi connectivity index (χ2n) is 3.47. The maximum atomic E-state index is 13.5. The molecule has 1 N–H and O–H groups in total. The van der Waals surface area contributed by atoms with Gasteiger partial charge in [-0.05, 0) is 12.1 Å². The molecule has 7 heteroatoms. The van der Waals surface area contributed by atoms with Gasteiger partial charge in [0.05, 0.1) is 10.6 Å². The van der Waals surface area contributed by atoms with Crippen LogP contribution in [0.15, 0.2) is 30.2 Å². The number of nitrogens with one attached hydrogen (secondary N) is 1. The molecular weight excluding hydrogens is 232 g/mol. The van der Waals surface area contributed by atoms with Crippen LogP contribution in [0.2, 0.25) is 0 Å². The lowest BCUT2D eigenvalue weighted by atomic mass is 10.2. The Morgan fingerprint density at radius 1 is 1.47 bits per heavy atom. The second kappa shape index (κ2) is 4.36. The fraction of sp³-hybridized carbons (Fsp3) is 0.200. The first kappa shape index (κ1) is 11.3. The summed E-state index contributed by atoms with van der Waals surface area (Å²) in [5, 5.41) is 13.1. The molecule has 0 atom stereocenters. The van der Waals surface area contributed by atoms with Crippen molar-refractivity contribution in [1.29, 1.82) is 0 Å². The van der Waals surface area contributed by atoms with E-state index in [0.717, 1.165) is 18.3 Å². The monoisotopic (exact) mass is 241 g/mol. The van der Waals surface area contributed by atoms with Crippen LogP contribution in [0.4, 0.5) is 14.5 Å². The van der Waals surface area contributed by atoms with Crippen molar-refractivity contribution in [1.82, 2.24) is 5.32 Å². The van der Waals surface area contributed by atoms with Crippen molar-refractivity contribution in [3.63, 3.8) is 0 Å². The number of nitro groups is 1. The molecule has 1 aliphatic rings. The molecule has 0 bridgehead atoms. The van der Waals surface area contributed by atoms with Gasteiger partial charge in [-0.15, -0.1) is 0 Å². The predicted octanol–water partition coefficient (Wildman–Crippen LogP) is 1.45. The number of halogens is 2. The normalized spacial score (nSPS) is 17.3. The highest BCUT2D eigenvalue weighted by molar-refractivity contribution is 5.54. The minimum absolute atomic E-state index is 0.115. The zero-order valence-corrected chi connectivity index (χ0v) is 8.69. The van der Waals surface area contributed by atoms with Gasteiger partial charge in [0.1, 0.15) is 11.6 Å². The minimum Gasteiger partial charge on any atom is -0.365 e. The van der Waals surface area contributed by atoms with Gasteiger partial charge in [0, 0.05) is 19.2 Å². The Hall–Kier alpha value is -2.18. The third kappa shape index (κ3) is 2.32. The standard InChI is InChI=1S/C10H9F2N3O2/c11-7-1-2-9(8(12)5-7)14-4-3-13-10(14)6-15(16)17/h1-2,5-6,13H,3-4H2. The Balaban J connectivity index is 2.36. The summed E-state index contributed by atoms with van der Waals surface area (Å²) in [6.07, 6.45) is 0.760. The molecule has 0 amide bonds. The van der Waals surface area contributed by atoms with Crippen LogP contribution < -0.4 is 10.2 Å². The minimum atomic E-state index is -0.747. The molecule has 2 rings (SSSR count). The summed E-state index contributed by atoms with van der Waals surface area (Å²) in [6, 6.07) is 3.11. The number of rotatable bonds is 2. The van der Waals surface area contributed by atoms with Gasteiger partial charge in [0.2, 0.25) is 0 Å². The number of hydrogen-bond donors (Lipinski definition) is 1. The maximum Gasteiger partial charge on any atom is 0.274 e. The molecule has 0 unspecified atom stereocenters. The maximum absolute atomic E-state index is 13.5. The summed E-state index contributed by atoms with van der Waals surface area (Å²) in [5.74, 6) is -1.23. The largest absolute Gasteiger partial charge is 0.365 e. The molecule has 0 spiro atoms. The van der Waals surface area contributed by atoms with Crippen molar-refractivity contribution in [2.24, 2.45) is 0 Å². The zero-order chi connectivity index (χ0) is 12.4. The van der Waals surface area contributed by atoms with Crippen LogP contribution in [-0.2, 0) is 0 Å². The molecule has 1 aliphatic heterocycles. The van der Waals surface area contributed by atoms with Crippen LogP contribution in [0.1, 0.15) is 0 Å². The molecule has 90 valence electrons. The van der Waals surface area contributed by atoms with Gasteiger partial charge >= 0.3 is 0 Å². The van der Waals surface area contributed by atoms with Gasteiger partial charge in [-0.3, -0.25) is 10.1 Å². The molecule has 5 nitrogen and oxygen atoms in total. The summed E-state index contributed by atoms with van der Waals surface area (Å²) in [4.78, 5) is 11.2. The fourth-order valence-corrected chi connectivity index (χ4v) is 1.68. The van der Waals surface area contributed by atoms with Crippen LogP contribution in [0.25, 0.3) is 0 Å². The van der Waals surface area contributed by atoms with E-state index in [1.807, 2.05) is 0 Å². The second-order valence-corrected chi connectivity index (χ2v) is 3.47. The van der Waals surface area contributed by atoms with Gasteiger partial charge in [-0.1, -0.05) is 0 Å². The molecular formula is C10H9F2N3O2. The predicted molar refractivity (Wildman–Crippen MR) is 56.8 cm³/mol. The number of anilines is 1. The molecule has 0 aliphatic carbocycles. The Morgan fingerprint density at radius 3 is 2.88 bits per heavy atom. The Morgan fingerprint density at radius 2 is 2.24 bits per heavy atom. The van der Waals surface area contributed by atoms with Crippen molar-refractivity contribution in [3.8, 4) is 0 Å². The number of nitrogens with zero attached hydrogens (tertiary/aromatic N) is 2. The average Bonchev–Trinajstić information content (AvgIpc) is 2.65. The molecule has 1 heterocycles. The SMILES string of the molecule is O=[N+]([O-])C=C1NCCN1c1ccc(F)cc1F. The van der Waals surface area contributed by atoms with E-state index in [1.165, 1.54) is 11.0 Å². The quantitative estimate of drug-likeness (QED) is 0.629. The molecule has 1 fully saturated rings. The molecule has 17 heavy (non-hydrogen) atoms. The lowest BCUT2D eigenvalue weighted by molar-refractivity contribution is -0.403. The molecule has 1 aromatic carbocycles. The summed E-state index contributed by atoms with van der Waals surface area (Å²) in [6.45, 7) is 0.860. The molecule has 1 aromatic rings. The van der Waals surface area contributed by atoms with Crippen molar-refractivity contribution < 1.29 is 13.7 Å². The summed E-state index contributed by atoms with van der Waals surface area (Å²) >= 11 is 0. The molecule has 0 aromatic heterocycles. The van der Waals surface area contributed by atoms with Crippen molar-refractivity contribution >= 4 is 5.69 Å². The Bertz CT molecular complexity index is 490. The van der Waals surface area contributed by atoms with Gasteiger partial charge in [-0.2, -0.15) is 0 Å². The van der Waals surface area contributed by atoms with E-state index >= 15 is 0 Å². The van der Waals surface area contributed by atoms with E-state index in [4.69, 9.17) is 0 Å². The lowest BCUT2D eigenvalue weighted by Crippen LogP contribution is -2.21. The van der Waals surface area contributed by atoms with Crippen LogP contribution in [0, 0.1) is 21.7 Å². The van der Waals surface area contributed by atoms with E-state index in [0.29, 0.717) is 13.1 Å². The van der Waals surface area contributed by atoms with E-state index < -0.39 is 16.6 Å². The summed E-state index contributed by atoms with van der Waals surface area (Å²) in [5.41, 5.74) is 0.115. The first-order valence-corrected chi connectivity index (χ1v) is 4.90. The average molecular weight is 241 g/mol. The van der Waals surface area contributed by atoms with Crippen molar-refractivity contribution in [3.05, 3.63) is 52.0 Å². The summed E-state index contributed by atoms with van der Waals surface area (Å²) in [7, 11) is 0. The van der Waals surface area contributed by atoms with E-state index in [9.17, 15) is 18.9 Å². The van der Waals surface area contributed by atoms with Gasteiger partial charge in [0.25, 0.3) is 6.20 Å². The third-order valence-corrected chi connectivity index (χ3v) is 2.36. The van der Waals surface area contributed by atoms with E-state index in [2.05, 4.69) is 5.32 Å². The fourth-order valence-electron chi connectivity index (χ4n) is 1.68. The van der Waals surface area contributed by atoms with Crippen LogP contribution in [0.3, 0.4) is 0 Å². The first-order chi connectivity index (χ1) is 8.08. The zero-order valence-electron chi connectivity index (χ0n) is 8.69. The van der Waals surface area contributed by atoms with Gasteiger partial charge in [0.15, 0.2) is 5.82 Å². The number of hydrogen-bond acceptors (Lipinski definition) is 4. The van der Waals surface area contributed by atoms with Crippen LogP contribution >= 0.6 is 0 Å². The van der Waals surface area contributed by atoms with Gasteiger partial charge in [-0.25, -0.2) is 8.78 Å². The van der Waals surface area contributed by atoms with E-state index in [-0.39, 0.29) is 11.5 Å². The van der Waals surface area contributed by atoms with Gasteiger partial charge < -0.3 is 10.2 Å². The summed E-state index contributed by atoms with van der Waals surface area (Å²) < 4.78 is 26.3. The van der Waals surface area contributed by atoms with Crippen molar-refractivity contribution in [2.45, 2.75) is 0 Å².